The van der Waals surface area contributed by atoms with Crippen LogP contribution in [0, 0.1) is 5.82 Å². The van der Waals surface area contributed by atoms with Crippen LogP contribution in [0.4, 0.5) is 19.0 Å². The van der Waals surface area contributed by atoms with Crippen LogP contribution in [0.3, 0.4) is 0 Å². The number of nitrogens with zero attached hydrogens (tertiary/aromatic N) is 3. The smallest absolute Gasteiger partial charge is 0.345 e. The fraction of sp³-hybridized carbons (Fsp3) is 0.375. The summed E-state index contributed by atoms with van der Waals surface area (Å²) in [6, 6.07) is 3.85. The first-order chi connectivity index (χ1) is 13.0. The number of rotatable bonds is 9. The maximum absolute atomic E-state index is 15.0. The van der Waals surface area contributed by atoms with Crippen molar-refractivity contribution in [1.82, 2.24) is 14.6 Å². The second-order valence-corrected chi connectivity index (χ2v) is 7.32. The van der Waals surface area contributed by atoms with E-state index < -0.39 is 12.4 Å². The van der Waals surface area contributed by atoms with Crippen LogP contribution in [-0.4, -0.2) is 27.8 Å². The van der Waals surface area contributed by atoms with E-state index in [4.69, 9.17) is 23.2 Å². The molecule has 0 atom stereocenters. The third-order valence-electron chi connectivity index (χ3n) is 3.81. The maximum atomic E-state index is 15.0. The SMILES string of the molecule is Fc1c(CCCCOC(F)F)c(Cl)n2nc(Cl)nc(NCc3cccs3)c12. The normalized spacial score (nSPS) is 11.6. The summed E-state index contributed by atoms with van der Waals surface area (Å²) in [5.74, 6) is -0.324. The highest BCUT2D eigenvalue weighted by atomic mass is 35.5. The van der Waals surface area contributed by atoms with Crippen LogP contribution in [-0.2, 0) is 17.7 Å². The third kappa shape index (κ3) is 4.84. The number of alkyl halides is 2. The van der Waals surface area contributed by atoms with Gasteiger partial charge in [0.15, 0.2) is 11.6 Å². The molecule has 3 aromatic heterocycles. The van der Waals surface area contributed by atoms with Crippen LogP contribution in [0.15, 0.2) is 17.5 Å². The highest BCUT2D eigenvalue weighted by Gasteiger charge is 2.22. The van der Waals surface area contributed by atoms with Crippen LogP contribution < -0.4 is 5.32 Å². The topological polar surface area (TPSA) is 51.5 Å². The van der Waals surface area contributed by atoms with E-state index in [1.807, 2.05) is 17.5 Å². The zero-order chi connectivity index (χ0) is 19.4. The van der Waals surface area contributed by atoms with Crippen LogP contribution in [0.1, 0.15) is 23.3 Å². The Labute approximate surface area is 167 Å². The van der Waals surface area contributed by atoms with Crippen LogP contribution in [0.5, 0.6) is 0 Å². The summed E-state index contributed by atoms with van der Waals surface area (Å²) < 4.78 is 44.3. The molecule has 0 saturated heterocycles. The largest absolute Gasteiger partial charge is 0.363 e. The number of hydrogen-bond donors (Lipinski definition) is 1. The first-order valence-electron chi connectivity index (χ1n) is 8.05. The average Bonchev–Trinajstić information content (AvgIpc) is 3.21. The van der Waals surface area contributed by atoms with Gasteiger partial charge in [0.1, 0.15) is 10.7 Å². The van der Waals surface area contributed by atoms with E-state index in [9.17, 15) is 13.2 Å². The summed E-state index contributed by atoms with van der Waals surface area (Å²) in [4.78, 5) is 5.11. The van der Waals surface area contributed by atoms with Crippen molar-refractivity contribution in [3.05, 3.63) is 44.2 Å². The zero-order valence-corrected chi connectivity index (χ0v) is 16.2. The molecule has 0 spiro atoms. The average molecular weight is 439 g/mol. The number of nitrogens with one attached hydrogen (secondary N) is 1. The number of ether oxygens (including phenoxy) is 1. The van der Waals surface area contributed by atoms with Crippen molar-refractivity contribution in [2.24, 2.45) is 0 Å². The summed E-state index contributed by atoms with van der Waals surface area (Å²) in [6.07, 6.45) is 1.03. The molecule has 0 aromatic carbocycles. The molecule has 5 nitrogen and oxygen atoms in total. The summed E-state index contributed by atoms with van der Waals surface area (Å²) in [5, 5.41) is 8.96. The van der Waals surface area contributed by atoms with Crippen molar-refractivity contribution in [1.29, 1.82) is 0 Å². The quantitative estimate of drug-likeness (QED) is 0.453. The number of unbranched alkanes of at least 4 members (excludes halogenated alkanes) is 1. The molecule has 0 radical (unpaired) electrons. The number of anilines is 1. The van der Waals surface area contributed by atoms with Gasteiger partial charge >= 0.3 is 6.61 Å². The summed E-state index contributed by atoms with van der Waals surface area (Å²) >= 11 is 13.8. The van der Waals surface area contributed by atoms with Crippen molar-refractivity contribution in [2.75, 3.05) is 11.9 Å². The lowest BCUT2D eigenvalue weighted by Crippen LogP contribution is -2.05. The molecule has 0 saturated carbocycles. The molecular formula is C16H15Cl2F3N4OS. The predicted octanol–water partition coefficient (Wildman–Crippen LogP) is 5.41. The standard InChI is InChI=1S/C16H15Cl2F3N4OS/c17-13-10(5-1-2-6-26-16(20)21)11(19)12-14(23-15(18)24-25(12)13)22-8-9-4-3-7-27-9/h3-4,7,16H,1-2,5-6,8H2,(H,22,23,24). The van der Waals surface area contributed by atoms with Gasteiger partial charge in [-0.25, -0.2) is 8.91 Å². The Morgan fingerprint density at radius 3 is 2.81 bits per heavy atom. The fourth-order valence-electron chi connectivity index (χ4n) is 2.60. The van der Waals surface area contributed by atoms with Crippen LogP contribution in [0.25, 0.3) is 5.52 Å². The zero-order valence-electron chi connectivity index (χ0n) is 13.9. The van der Waals surface area contributed by atoms with E-state index >= 15 is 0 Å². The van der Waals surface area contributed by atoms with Gasteiger partial charge < -0.3 is 10.1 Å². The Morgan fingerprint density at radius 2 is 2.11 bits per heavy atom. The minimum atomic E-state index is -2.81. The molecule has 0 aliphatic carbocycles. The van der Waals surface area contributed by atoms with E-state index in [-0.39, 0.29) is 40.4 Å². The Balaban J connectivity index is 1.80. The monoisotopic (exact) mass is 438 g/mol. The predicted molar refractivity (Wildman–Crippen MR) is 99.5 cm³/mol. The number of aromatic nitrogens is 3. The molecule has 3 aromatic rings. The van der Waals surface area contributed by atoms with E-state index in [1.165, 1.54) is 4.52 Å². The van der Waals surface area contributed by atoms with Crippen molar-refractivity contribution >= 4 is 45.9 Å². The highest BCUT2D eigenvalue weighted by Crippen LogP contribution is 2.31. The van der Waals surface area contributed by atoms with E-state index in [1.54, 1.807) is 11.3 Å². The number of hydrogen-bond acceptors (Lipinski definition) is 5. The molecular weight excluding hydrogens is 424 g/mol. The molecule has 0 aliphatic heterocycles. The minimum Gasteiger partial charge on any atom is -0.363 e. The van der Waals surface area contributed by atoms with Crippen molar-refractivity contribution in [2.45, 2.75) is 32.4 Å². The Kier molecular flexibility index (Phi) is 6.80. The van der Waals surface area contributed by atoms with E-state index in [2.05, 4.69) is 20.1 Å². The second-order valence-electron chi connectivity index (χ2n) is 5.59. The van der Waals surface area contributed by atoms with Gasteiger partial charge in [0, 0.05) is 10.4 Å². The Bertz CT molecular complexity index is 905. The molecule has 27 heavy (non-hydrogen) atoms. The highest BCUT2D eigenvalue weighted by molar-refractivity contribution is 7.09. The third-order valence-corrected chi connectivity index (χ3v) is 5.23. The fourth-order valence-corrected chi connectivity index (χ4v) is 3.70. The molecule has 11 heteroatoms. The second kappa shape index (κ2) is 9.09. The van der Waals surface area contributed by atoms with Gasteiger partial charge in [0.2, 0.25) is 5.28 Å². The number of thiophene rings is 1. The molecule has 3 rings (SSSR count). The lowest BCUT2D eigenvalue weighted by molar-refractivity contribution is -0.129. The number of halogens is 5. The molecule has 3 heterocycles. The minimum absolute atomic E-state index is 0.0787. The van der Waals surface area contributed by atoms with Crippen molar-refractivity contribution in [3.8, 4) is 0 Å². The summed E-state index contributed by atoms with van der Waals surface area (Å²) in [5.41, 5.74) is 0.337. The first kappa shape index (κ1) is 20.2. The number of fused-ring (bicyclic) bond motifs is 1. The molecule has 146 valence electrons. The van der Waals surface area contributed by atoms with Crippen LogP contribution >= 0.6 is 34.5 Å². The maximum Gasteiger partial charge on any atom is 0.345 e. The van der Waals surface area contributed by atoms with Crippen LogP contribution in [0.2, 0.25) is 10.4 Å². The Hall–Kier alpha value is -1.55. The van der Waals surface area contributed by atoms with Gasteiger partial charge in [0.05, 0.1) is 13.2 Å². The lowest BCUT2D eigenvalue weighted by atomic mass is 10.1. The molecule has 0 bridgehead atoms. The molecule has 0 fully saturated rings. The molecule has 0 aliphatic rings. The van der Waals surface area contributed by atoms with Gasteiger partial charge in [-0.2, -0.15) is 13.8 Å². The van der Waals surface area contributed by atoms with Gasteiger partial charge in [-0.15, -0.1) is 16.4 Å². The van der Waals surface area contributed by atoms with Gasteiger partial charge in [-0.3, -0.25) is 0 Å². The lowest BCUT2D eigenvalue weighted by Gasteiger charge is -2.07. The summed E-state index contributed by atoms with van der Waals surface area (Å²) in [6.45, 7) is -2.47. The van der Waals surface area contributed by atoms with E-state index in [0.29, 0.717) is 19.4 Å². The van der Waals surface area contributed by atoms with Crippen molar-refractivity contribution < 1.29 is 17.9 Å². The van der Waals surface area contributed by atoms with Crippen molar-refractivity contribution in [3.63, 3.8) is 0 Å². The molecule has 1 N–H and O–H groups in total. The van der Waals surface area contributed by atoms with Gasteiger partial charge in [0.25, 0.3) is 0 Å². The van der Waals surface area contributed by atoms with E-state index in [0.717, 1.165) is 4.88 Å². The van der Waals surface area contributed by atoms with Gasteiger partial charge in [-0.05, 0) is 42.3 Å². The summed E-state index contributed by atoms with van der Waals surface area (Å²) in [7, 11) is 0. The van der Waals surface area contributed by atoms with Gasteiger partial charge in [-0.1, -0.05) is 17.7 Å². The molecule has 0 unspecified atom stereocenters. The molecule has 0 amide bonds. The Morgan fingerprint density at radius 1 is 1.30 bits per heavy atom. The first-order valence-corrected chi connectivity index (χ1v) is 9.69.